The van der Waals surface area contributed by atoms with Crippen molar-refractivity contribution in [3.8, 4) is 0 Å². The molecule has 1 aromatic rings. The van der Waals surface area contributed by atoms with Crippen molar-refractivity contribution >= 4 is 30.4 Å². The third-order valence-corrected chi connectivity index (χ3v) is 3.92. The maximum absolute atomic E-state index is 12.6. The summed E-state index contributed by atoms with van der Waals surface area (Å²) in [4.78, 5) is 42.7. The molecule has 0 radical (unpaired) electrons. The molecule has 0 aliphatic heterocycles. The van der Waals surface area contributed by atoms with Crippen LogP contribution in [0.1, 0.15) is 26.5 Å². The van der Waals surface area contributed by atoms with E-state index in [4.69, 9.17) is 5.73 Å². The van der Waals surface area contributed by atoms with Crippen molar-refractivity contribution in [2.75, 3.05) is 5.75 Å². The molecule has 0 aliphatic carbocycles. The second kappa shape index (κ2) is 8.86. The molecule has 0 spiro atoms. The van der Waals surface area contributed by atoms with Gasteiger partial charge >= 0.3 is 5.97 Å². The van der Waals surface area contributed by atoms with Gasteiger partial charge in [-0.25, -0.2) is 9.78 Å². The number of carboxylic acid groups (broad SMARTS) is 1. The van der Waals surface area contributed by atoms with Gasteiger partial charge in [0.05, 0.1) is 18.1 Å². The van der Waals surface area contributed by atoms with E-state index in [1.54, 1.807) is 27.0 Å². The smallest absolute Gasteiger partial charge is 0.326 e. The maximum atomic E-state index is 12.6. The largest absolute Gasteiger partial charge is 0.480 e. The maximum Gasteiger partial charge on any atom is 0.326 e. The van der Waals surface area contributed by atoms with Crippen LogP contribution in [0, 0.1) is 5.41 Å². The average molecular weight is 371 g/mol. The SMILES string of the molecule is CC(C)(C)[C@@H](NC(=O)[C@@H](N)CS)C(=O)N[C@@H](Cc1c[nH]cn1)C(=O)O. The normalized spacial score (nSPS) is 15.1. The number of thiol groups is 1. The molecule has 0 fully saturated rings. The van der Waals surface area contributed by atoms with Crippen molar-refractivity contribution in [2.45, 2.75) is 45.3 Å². The van der Waals surface area contributed by atoms with E-state index in [2.05, 4.69) is 33.2 Å². The molecule has 0 aromatic carbocycles. The highest BCUT2D eigenvalue weighted by Crippen LogP contribution is 2.20. The molecule has 140 valence electrons. The van der Waals surface area contributed by atoms with Crippen LogP contribution in [-0.4, -0.2) is 56.7 Å². The Morgan fingerprint density at radius 3 is 2.40 bits per heavy atom. The summed E-state index contributed by atoms with van der Waals surface area (Å²) < 4.78 is 0. The van der Waals surface area contributed by atoms with Crippen LogP contribution in [0.15, 0.2) is 12.5 Å². The van der Waals surface area contributed by atoms with E-state index >= 15 is 0 Å². The number of carbonyl (C=O) groups is 3. The predicted molar refractivity (Wildman–Crippen MR) is 95.1 cm³/mol. The third-order valence-electron chi connectivity index (χ3n) is 3.53. The van der Waals surface area contributed by atoms with Crippen LogP contribution in [-0.2, 0) is 20.8 Å². The first-order valence-corrected chi connectivity index (χ1v) is 8.37. The zero-order valence-electron chi connectivity index (χ0n) is 14.4. The monoisotopic (exact) mass is 371 g/mol. The van der Waals surface area contributed by atoms with Gasteiger partial charge in [-0.3, -0.25) is 9.59 Å². The van der Waals surface area contributed by atoms with Gasteiger partial charge in [-0.15, -0.1) is 0 Å². The highest BCUT2D eigenvalue weighted by atomic mass is 32.1. The molecule has 10 heteroatoms. The highest BCUT2D eigenvalue weighted by molar-refractivity contribution is 7.80. The summed E-state index contributed by atoms with van der Waals surface area (Å²) in [5, 5.41) is 14.4. The molecule has 9 nitrogen and oxygen atoms in total. The van der Waals surface area contributed by atoms with Crippen LogP contribution in [0.4, 0.5) is 0 Å². The molecule has 1 aromatic heterocycles. The van der Waals surface area contributed by atoms with Gasteiger partial charge in [0.1, 0.15) is 12.1 Å². The molecule has 0 aliphatic rings. The number of H-pyrrole nitrogens is 1. The van der Waals surface area contributed by atoms with Crippen molar-refractivity contribution in [1.82, 2.24) is 20.6 Å². The van der Waals surface area contributed by atoms with Crippen LogP contribution < -0.4 is 16.4 Å². The molecule has 0 unspecified atom stereocenters. The van der Waals surface area contributed by atoms with E-state index < -0.39 is 41.3 Å². The third kappa shape index (κ3) is 6.39. The number of carboxylic acids is 1. The zero-order valence-corrected chi connectivity index (χ0v) is 15.3. The van der Waals surface area contributed by atoms with E-state index in [1.165, 1.54) is 6.33 Å². The summed E-state index contributed by atoms with van der Waals surface area (Å²) in [6, 6.07) is -2.98. The lowest BCUT2D eigenvalue weighted by molar-refractivity contribution is -0.142. The van der Waals surface area contributed by atoms with Crippen molar-refractivity contribution in [2.24, 2.45) is 11.1 Å². The van der Waals surface area contributed by atoms with Crippen LogP contribution in [0.5, 0.6) is 0 Å². The molecule has 0 saturated carbocycles. The van der Waals surface area contributed by atoms with Crippen LogP contribution in [0.25, 0.3) is 0 Å². The highest BCUT2D eigenvalue weighted by Gasteiger charge is 2.35. The van der Waals surface area contributed by atoms with E-state index in [0.717, 1.165) is 0 Å². The van der Waals surface area contributed by atoms with E-state index in [0.29, 0.717) is 5.69 Å². The van der Waals surface area contributed by atoms with Crippen molar-refractivity contribution in [3.05, 3.63) is 18.2 Å². The van der Waals surface area contributed by atoms with Crippen LogP contribution in [0.2, 0.25) is 0 Å². The lowest BCUT2D eigenvalue weighted by Crippen LogP contribution is -2.59. The first-order chi connectivity index (χ1) is 11.6. The Balaban J connectivity index is 2.88. The first-order valence-electron chi connectivity index (χ1n) is 7.74. The van der Waals surface area contributed by atoms with Crippen LogP contribution >= 0.6 is 12.6 Å². The second-order valence-corrected chi connectivity index (χ2v) is 7.13. The zero-order chi connectivity index (χ0) is 19.2. The Morgan fingerprint density at radius 1 is 1.32 bits per heavy atom. The predicted octanol–water partition coefficient (Wildman–Crippen LogP) is -0.690. The Morgan fingerprint density at radius 2 is 1.96 bits per heavy atom. The Hall–Kier alpha value is -2.07. The number of hydrogen-bond donors (Lipinski definition) is 6. The van der Waals surface area contributed by atoms with Gasteiger partial charge in [0.25, 0.3) is 0 Å². The summed E-state index contributed by atoms with van der Waals surface area (Å²) >= 11 is 3.96. The van der Waals surface area contributed by atoms with Gasteiger partial charge < -0.3 is 26.5 Å². The van der Waals surface area contributed by atoms with Gasteiger partial charge in [-0.2, -0.15) is 12.6 Å². The van der Waals surface area contributed by atoms with Gasteiger partial charge in [0.15, 0.2) is 0 Å². The van der Waals surface area contributed by atoms with Crippen molar-refractivity contribution in [1.29, 1.82) is 0 Å². The molecule has 2 amide bonds. The van der Waals surface area contributed by atoms with E-state index in [-0.39, 0.29) is 12.2 Å². The van der Waals surface area contributed by atoms with Gasteiger partial charge in [0.2, 0.25) is 11.8 Å². The summed E-state index contributed by atoms with van der Waals surface area (Å²) in [5.74, 6) is -2.19. The molecule has 6 N–H and O–H groups in total. The summed E-state index contributed by atoms with van der Waals surface area (Å²) in [7, 11) is 0. The average Bonchev–Trinajstić information content (AvgIpc) is 3.02. The first kappa shape index (κ1) is 21.0. The number of nitrogens with zero attached hydrogens (tertiary/aromatic N) is 1. The van der Waals surface area contributed by atoms with E-state index in [1.807, 2.05) is 0 Å². The number of aromatic nitrogens is 2. The lowest BCUT2D eigenvalue weighted by Gasteiger charge is -2.32. The number of nitrogens with one attached hydrogen (secondary N) is 3. The number of imidazole rings is 1. The molecule has 1 heterocycles. The fraction of sp³-hybridized carbons (Fsp3) is 0.600. The molecule has 3 atom stereocenters. The number of hydrogen-bond acceptors (Lipinski definition) is 6. The fourth-order valence-electron chi connectivity index (χ4n) is 2.07. The van der Waals surface area contributed by atoms with Crippen molar-refractivity contribution in [3.63, 3.8) is 0 Å². The number of nitrogens with two attached hydrogens (primary N) is 1. The minimum absolute atomic E-state index is 0.0194. The molecule has 0 saturated heterocycles. The fourth-order valence-corrected chi connectivity index (χ4v) is 2.24. The van der Waals surface area contributed by atoms with Gasteiger partial charge in [-0.05, 0) is 5.41 Å². The minimum Gasteiger partial charge on any atom is -0.480 e. The standard InChI is InChI=1S/C15H25N5O4S/c1-15(2,3)11(20-12(21)9(16)6-25)13(22)19-10(14(23)24)4-8-5-17-7-18-8/h5,7,9-11,25H,4,6,16H2,1-3H3,(H,17,18)(H,19,22)(H,20,21)(H,23,24)/t9-,10-,11-/m0/s1. The number of aromatic amines is 1. The lowest BCUT2D eigenvalue weighted by atomic mass is 9.85. The number of rotatable bonds is 8. The van der Waals surface area contributed by atoms with Gasteiger partial charge in [-0.1, -0.05) is 20.8 Å². The Labute approximate surface area is 151 Å². The molecule has 1 rings (SSSR count). The number of carbonyl (C=O) groups excluding carboxylic acids is 2. The minimum atomic E-state index is -1.19. The molecule has 0 bridgehead atoms. The quantitative estimate of drug-likeness (QED) is 0.333. The van der Waals surface area contributed by atoms with Gasteiger partial charge in [0, 0.05) is 18.4 Å². The van der Waals surface area contributed by atoms with E-state index in [9.17, 15) is 19.5 Å². The topological polar surface area (TPSA) is 150 Å². The van der Waals surface area contributed by atoms with Crippen LogP contribution in [0.3, 0.4) is 0 Å². The molecular formula is C15H25N5O4S. The number of amides is 2. The number of aliphatic carboxylic acids is 1. The summed E-state index contributed by atoms with van der Waals surface area (Å²) in [6.07, 6.45) is 3.00. The second-order valence-electron chi connectivity index (χ2n) is 6.76. The molecular weight excluding hydrogens is 346 g/mol. The summed E-state index contributed by atoms with van der Waals surface area (Å²) in [5.41, 5.74) is 5.48. The Bertz CT molecular complexity index is 600. The summed E-state index contributed by atoms with van der Waals surface area (Å²) in [6.45, 7) is 5.27. The van der Waals surface area contributed by atoms with Crippen molar-refractivity contribution < 1.29 is 19.5 Å². The Kier molecular flexibility index (Phi) is 7.43. The molecule has 25 heavy (non-hydrogen) atoms.